The topological polar surface area (TPSA) is 46.5 Å². The monoisotopic (exact) mass is 312 g/mol. The molecule has 3 nitrogen and oxygen atoms in total. The van der Waals surface area contributed by atoms with Crippen molar-refractivity contribution in [3.05, 3.63) is 34.9 Å². The Hall–Kier alpha value is -1.61. The Labute approximate surface area is 137 Å². The lowest BCUT2D eigenvalue weighted by Crippen LogP contribution is -2.54. The molecule has 3 aliphatic rings. The van der Waals surface area contributed by atoms with Gasteiger partial charge in [0.15, 0.2) is 0 Å². The van der Waals surface area contributed by atoms with Gasteiger partial charge in [-0.05, 0) is 74.8 Å². The summed E-state index contributed by atoms with van der Waals surface area (Å²) < 4.78 is 5.35. The molecular formula is C20H24O3. The molecule has 1 aromatic rings. The van der Waals surface area contributed by atoms with E-state index in [1.807, 2.05) is 13.0 Å². The van der Waals surface area contributed by atoms with E-state index in [2.05, 4.69) is 19.1 Å². The summed E-state index contributed by atoms with van der Waals surface area (Å²) in [5, 5.41) is 10.7. The summed E-state index contributed by atoms with van der Waals surface area (Å²) in [6, 6.07) is 6.25. The summed E-state index contributed by atoms with van der Waals surface area (Å²) >= 11 is 0. The minimum atomic E-state index is -0.876. The zero-order chi connectivity index (χ0) is 16.4. The fraction of sp³-hybridized carbons (Fsp3) is 0.550. The molecule has 1 fully saturated rings. The number of Topliss-reactive ketones (excluding diaryl/α,β-unsaturated/α-hetero) is 1. The highest BCUT2D eigenvalue weighted by Gasteiger charge is 2.56. The number of ketones is 1. The van der Waals surface area contributed by atoms with Crippen LogP contribution in [0.2, 0.25) is 0 Å². The van der Waals surface area contributed by atoms with Gasteiger partial charge in [0, 0.05) is 5.41 Å². The van der Waals surface area contributed by atoms with E-state index >= 15 is 0 Å². The van der Waals surface area contributed by atoms with Gasteiger partial charge in [-0.2, -0.15) is 0 Å². The SMILES string of the molecule is COc1ccc2c(c1)CCC1=C2C[C@@H]2C(=O)[C@]1(C)CC[C@]2(C)O. The van der Waals surface area contributed by atoms with E-state index in [9.17, 15) is 9.90 Å². The summed E-state index contributed by atoms with van der Waals surface area (Å²) in [4.78, 5) is 13.0. The number of ether oxygens (including phenoxy) is 1. The summed E-state index contributed by atoms with van der Waals surface area (Å²) in [6.07, 6.45) is 4.07. The maximum atomic E-state index is 13.0. The van der Waals surface area contributed by atoms with Gasteiger partial charge in [0.05, 0.1) is 18.6 Å². The lowest BCUT2D eigenvalue weighted by atomic mass is 9.53. The van der Waals surface area contributed by atoms with Crippen LogP contribution in [0.15, 0.2) is 23.8 Å². The number of aryl methyl sites for hydroxylation is 1. The molecule has 3 aliphatic carbocycles. The smallest absolute Gasteiger partial charge is 0.149 e. The van der Waals surface area contributed by atoms with Crippen LogP contribution in [-0.4, -0.2) is 23.6 Å². The molecule has 122 valence electrons. The first kappa shape index (κ1) is 14.9. The zero-order valence-corrected chi connectivity index (χ0v) is 14.1. The second-order valence-electron chi connectivity index (χ2n) is 7.79. The molecule has 0 amide bonds. The predicted molar refractivity (Wildman–Crippen MR) is 89.3 cm³/mol. The van der Waals surface area contributed by atoms with Gasteiger partial charge in [-0.15, -0.1) is 0 Å². The number of rotatable bonds is 1. The predicted octanol–water partition coefficient (Wildman–Crippen LogP) is 3.54. The third kappa shape index (κ3) is 1.96. The zero-order valence-electron chi connectivity index (χ0n) is 14.1. The summed E-state index contributed by atoms with van der Waals surface area (Å²) in [7, 11) is 1.69. The number of methoxy groups -OCH3 is 1. The van der Waals surface area contributed by atoms with E-state index in [1.165, 1.54) is 22.3 Å². The van der Waals surface area contributed by atoms with Gasteiger partial charge in [0.2, 0.25) is 0 Å². The molecule has 0 saturated heterocycles. The lowest BCUT2D eigenvalue weighted by molar-refractivity contribution is -0.148. The van der Waals surface area contributed by atoms with Gasteiger partial charge in [-0.1, -0.05) is 11.6 Å². The Morgan fingerprint density at radius 2 is 2.00 bits per heavy atom. The standard InChI is InChI=1S/C20H24O3/c1-19-8-9-20(2,22)17(18(19)21)11-15-14-6-5-13(23-3)10-12(14)4-7-16(15)19/h5-6,10,17,22H,4,7-9,11H2,1-3H3/t17-,19-,20+/m1/s1. The first-order valence-corrected chi connectivity index (χ1v) is 8.53. The minimum Gasteiger partial charge on any atom is -0.497 e. The molecular weight excluding hydrogens is 288 g/mol. The van der Waals surface area contributed by atoms with Crippen LogP contribution in [0.1, 0.15) is 50.7 Å². The van der Waals surface area contributed by atoms with Crippen molar-refractivity contribution in [3.8, 4) is 5.75 Å². The number of carbonyl (C=O) groups is 1. The minimum absolute atomic E-state index is 0.254. The highest BCUT2D eigenvalue weighted by molar-refractivity contribution is 5.98. The van der Waals surface area contributed by atoms with Gasteiger partial charge < -0.3 is 9.84 Å². The number of fused-ring (bicyclic) bond motifs is 5. The van der Waals surface area contributed by atoms with Gasteiger partial charge >= 0.3 is 0 Å². The molecule has 0 radical (unpaired) electrons. The van der Waals surface area contributed by atoms with E-state index in [0.717, 1.165) is 25.0 Å². The maximum absolute atomic E-state index is 13.0. The molecule has 4 rings (SSSR count). The highest BCUT2D eigenvalue weighted by Crippen LogP contribution is 2.57. The molecule has 2 bridgehead atoms. The van der Waals surface area contributed by atoms with Crippen LogP contribution in [0, 0.1) is 11.3 Å². The van der Waals surface area contributed by atoms with Crippen molar-refractivity contribution in [2.24, 2.45) is 11.3 Å². The fourth-order valence-electron chi connectivity index (χ4n) is 4.90. The van der Waals surface area contributed by atoms with Gasteiger partial charge in [-0.3, -0.25) is 4.79 Å². The molecule has 3 atom stereocenters. The number of carbonyl (C=O) groups excluding carboxylic acids is 1. The second kappa shape index (κ2) is 4.70. The van der Waals surface area contributed by atoms with Crippen LogP contribution in [0.25, 0.3) is 5.57 Å². The van der Waals surface area contributed by atoms with Gasteiger partial charge in [-0.25, -0.2) is 0 Å². The van der Waals surface area contributed by atoms with E-state index in [4.69, 9.17) is 4.74 Å². The Balaban J connectivity index is 1.88. The average molecular weight is 312 g/mol. The molecule has 0 unspecified atom stereocenters. The molecule has 0 heterocycles. The molecule has 3 heteroatoms. The summed E-state index contributed by atoms with van der Waals surface area (Å²) in [6.45, 7) is 3.93. The van der Waals surface area contributed by atoms with Crippen molar-refractivity contribution in [1.29, 1.82) is 0 Å². The highest BCUT2D eigenvalue weighted by atomic mass is 16.5. The van der Waals surface area contributed by atoms with Crippen molar-refractivity contribution in [2.45, 2.75) is 51.6 Å². The van der Waals surface area contributed by atoms with Crippen molar-refractivity contribution in [3.63, 3.8) is 0 Å². The number of hydrogen-bond donors (Lipinski definition) is 1. The fourth-order valence-corrected chi connectivity index (χ4v) is 4.90. The van der Waals surface area contributed by atoms with Gasteiger partial charge in [0.25, 0.3) is 0 Å². The Bertz CT molecular complexity index is 728. The number of hydrogen-bond acceptors (Lipinski definition) is 3. The Morgan fingerprint density at radius 3 is 2.74 bits per heavy atom. The summed E-state index contributed by atoms with van der Waals surface area (Å²) in [5.41, 5.74) is 3.94. The van der Waals surface area contributed by atoms with E-state index < -0.39 is 5.60 Å². The lowest BCUT2D eigenvalue weighted by Gasteiger charge is -2.51. The average Bonchev–Trinajstić information content (AvgIpc) is 2.54. The molecule has 1 N–H and O–H groups in total. The normalized spacial score (nSPS) is 35.7. The van der Waals surface area contributed by atoms with Gasteiger partial charge in [0.1, 0.15) is 11.5 Å². The molecule has 1 saturated carbocycles. The van der Waals surface area contributed by atoms with Crippen LogP contribution in [0.4, 0.5) is 0 Å². The van der Waals surface area contributed by atoms with Crippen LogP contribution < -0.4 is 4.74 Å². The van der Waals surface area contributed by atoms with E-state index in [0.29, 0.717) is 12.8 Å². The van der Waals surface area contributed by atoms with Crippen LogP contribution in [0.3, 0.4) is 0 Å². The molecule has 1 aromatic carbocycles. The number of benzene rings is 1. The van der Waals surface area contributed by atoms with Crippen LogP contribution >= 0.6 is 0 Å². The maximum Gasteiger partial charge on any atom is 0.149 e. The van der Waals surface area contributed by atoms with Crippen molar-refractivity contribution in [2.75, 3.05) is 7.11 Å². The largest absolute Gasteiger partial charge is 0.497 e. The summed E-state index contributed by atoms with van der Waals surface area (Å²) in [5.74, 6) is 0.871. The molecule has 0 spiro atoms. The number of aliphatic hydroxyl groups is 1. The first-order valence-electron chi connectivity index (χ1n) is 8.53. The molecule has 0 aromatic heterocycles. The van der Waals surface area contributed by atoms with Crippen LogP contribution in [-0.2, 0) is 11.2 Å². The quantitative estimate of drug-likeness (QED) is 0.863. The van der Waals surface area contributed by atoms with Crippen molar-refractivity contribution >= 4 is 11.4 Å². The third-order valence-electron chi connectivity index (χ3n) is 6.46. The first-order chi connectivity index (χ1) is 10.9. The van der Waals surface area contributed by atoms with Crippen molar-refractivity contribution < 1.29 is 14.6 Å². The van der Waals surface area contributed by atoms with E-state index in [1.54, 1.807) is 7.11 Å². The molecule has 0 aliphatic heterocycles. The Kier molecular flexibility index (Phi) is 3.05. The van der Waals surface area contributed by atoms with E-state index in [-0.39, 0.29) is 17.1 Å². The van der Waals surface area contributed by atoms with Crippen LogP contribution in [0.5, 0.6) is 5.75 Å². The van der Waals surface area contributed by atoms with Crippen molar-refractivity contribution in [1.82, 2.24) is 0 Å². The third-order valence-corrected chi connectivity index (χ3v) is 6.46. The Morgan fingerprint density at radius 1 is 1.22 bits per heavy atom. The molecule has 23 heavy (non-hydrogen) atoms. The second-order valence-corrected chi connectivity index (χ2v) is 7.79. The number of allylic oxidation sites excluding steroid dienone is 2.